The zero-order chi connectivity index (χ0) is 10.8. The SMILES string of the molecule is Cc1ccc(C)c(S(=O)(=O)CCN)c1. The van der Waals surface area contributed by atoms with Crippen molar-refractivity contribution in [2.24, 2.45) is 5.73 Å². The van der Waals surface area contributed by atoms with Crippen molar-refractivity contribution in [3.63, 3.8) is 0 Å². The van der Waals surface area contributed by atoms with Gasteiger partial charge in [0.05, 0.1) is 10.6 Å². The Morgan fingerprint density at radius 3 is 2.50 bits per heavy atom. The number of hydrogen-bond acceptors (Lipinski definition) is 3. The predicted octanol–water partition coefficient (Wildman–Crippen LogP) is 1.04. The highest BCUT2D eigenvalue weighted by Crippen LogP contribution is 2.17. The van der Waals surface area contributed by atoms with Gasteiger partial charge in [0.1, 0.15) is 0 Å². The first-order chi connectivity index (χ1) is 6.47. The Morgan fingerprint density at radius 2 is 1.93 bits per heavy atom. The lowest BCUT2D eigenvalue weighted by molar-refractivity contribution is 0.595. The van der Waals surface area contributed by atoms with Gasteiger partial charge in [-0.2, -0.15) is 0 Å². The van der Waals surface area contributed by atoms with Crippen molar-refractivity contribution in [1.82, 2.24) is 0 Å². The molecule has 0 aliphatic heterocycles. The van der Waals surface area contributed by atoms with Crippen molar-refractivity contribution in [3.05, 3.63) is 29.3 Å². The lowest BCUT2D eigenvalue weighted by Crippen LogP contribution is -2.16. The molecule has 0 saturated heterocycles. The van der Waals surface area contributed by atoms with Gasteiger partial charge in [0.2, 0.25) is 0 Å². The quantitative estimate of drug-likeness (QED) is 0.816. The Hall–Kier alpha value is -0.870. The summed E-state index contributed by atoms with van der Waals surface area (Å²) >= 11 is 0. The molecule has 1 rings (SSSR count). The summed E-state index contributed by atoms with van der Waals surface area (Å²) in [4.78, 5) is 0.406. The zero-order valence-corrected chi connectivity index (χ0v) is 9.26. The predicted molar refractivity (Wildman–Crippen MR) is 57.0 cm³/mol. The van der Waals surface area contributed by atoms with Gasteiger partial charge in [-0.25, -0.2) is 8.42 Å². The number of rotatable bonds is 3. The van der Waals surface area contributed by atoms with Crippen molar-refractivity contribution >= 4 is 9.84 Å². The maximum atomic E-state index is 11.7. The Labute approximate surface area is 84.9 Å². The third-order valence-electron chi connectivity index (χ3n) is 2.07. The van der Waals surface area contributed by atoms with E-state index in [0.29, 0.717) is 4.90 Å². The van der Waals surface area contributed by atoms with E-state index in [9.17, 15) is 8.42 Å². The van der Waals surface area contributed by atoms with E-state index in [2.05, 4.69) is 0 Å². The first kappa shape index (κ1) is 11.2. The number of aryl methyl sites for hydroxylation is 2. The van der Waals surface area contributed by atoms with Crippen LogP contribution in [0.1, 0.15) is 11.1 Å². The summed E-state index contributed by atoms with van der Waals surface area (Å²) in [5.74, 6) is 0.0112. The summed E-state index contributed by atoms with van der Waals surface area (Å²) in [6.45, 7) is 3.83. The molecule has 78 valence electrons. The van der Waals surface area contributed by atoms with E-state index in [-0.39, 0.29) is 12.3 Å². The molecular weight excluding hydrogens is 198 g/mol. The van der Waals surface area contributed by atoms with Gasteiger partial charge in [-0.05, 0) is 31.0 Å². The number of nitrogens with two attached hydrogens (primary N) is 1. The second-order valence-electron chi connectivity index (χ2n) is 3.38. The molecule has 0 bridgehead atoms. The second-order valence-corrected chi connectivity index (χ2v) is 5.45. The number of benzene rings is 1. The van der Waals surface area contributed by atoms with Crippen LogP contribution in [0.15, 0.2) is 23.1 Å². The van der Waals surface area contributed by atoms with Crippen molar-refractivity contribution in [2.75, 3.05) is 12.3 Å². The molecule has 3 nitrogen and oxygen atoms in total. The van der Waals surface area contributed by atoms with E-state index >= 15 is 0 Å². The molecule has 0 aliphatic carbocycles. The minimum atomic E-state index is -3.19. The number of hydrogen-bond donors (Lipinski definition) is 1. The largest absolute Gasteiger partial charge is 0.329 e. The summed E-state index contributed by atoms with van der Waals surface area (Å²) < 4.78 is 23.5. The second kappa shape index (κ2) is 4.11. The molecule has 0 amide bonds. The molecule has 0 unspecified atom stereocenters. The molecule has 14 heavy (non-hydrogen) atoms. The smallest absolute Gasteiger partial charge is 0.179 e. The fourth-order valence-electron chi connectivity index (χ4n) is 1.31. The van der Waals surface area contributed by atoms with Gasteiger partial charge in [0.15, 0.2) is 9.84 Å². The van der Waals surface area contributed by atoms with Crippen molar-refractivity contribution in [2.45, 2.75) is 18.7 Å². The summed E-state index contributed by atoms with van der Waals surface area (Å²) in [6.07, 6.45) is 0. The van der Waals surface area contributed by atoms with E-state index in [1.54, 1.807) is 13.0 Å². The normalized spacial score (nSPS) is 11.6. The van der Waals surface area contributed by atoms with Crippen molar-refractivity contribution in [1.29, 1.82) is 0 Å². The first-order valence-electron chi connectivity index (χ1n) is 4.47. The van der Waals surface area contributed by atoms with Gasteiger partial charge in [0.25, 0.3) is 0 Å². The minimum Gasteiger partial charge on any atom is -0.329 e. The Morgan fingerprint density at radius 1 is 1.29 bits per heavy atom. The van der Waals surface area contributed by atoms with Crippen LogP contribution in [0.3, 0.4) is 0 Å². The molecule has 0 aliphatic rings. The zero-order valence-electron chi connectivity index (χ0n) is 8.45. The van der Waals surface area contributed by atoms with E-state index in [1.165, 1.54) is 0 Å². The molecule has 1 aromatic rings. The van der Waals surface area contributed by atoms with E-state index in [0.717, 1.165) is 11.1 Å². The molecule has 0 saturated carbocycles. The average molecular weight is 213 g/mol. The van der Waals surface area contributed by atoms with Gasteiger partial charge in [-0.3, -0.25) is 0 Å². The van der Waals surface area contributed by atoms with Crippen molar-refractivity contribution in [3.8, 4) is 0 Å². The van der Waals surface area contributed by atoms with Crippen LogP contribution in [0.25, 0.3) is 0 Å². The van der Waals surface area contributed by atoms with E-state index < -0.39 is 9.84 Å². The molecule has 0 fully saturated rings. The van der Waals surface area contributed by atoms with Crippen LogP contribution in [0.5, 0.6) is 0 Å². The fourth-order valence-corrected chi connectivity index (χ4v) is 2.76. The van der Waals surface area contributed by atoms with Crippen LogP contribution in [0.2, 0.25) is 0 Å². The highest BCUT2D eigenvalue weighted by atomic mass is 32.2. The summed E-state index contributed by atoms with van der Waals surface area (Å²) in [5, 5.41) is 0. The molecule has 0 atom stereocenters. The first-order valence-corrected chi connectivity index (χ1v) is 6.12. The van der Waals surface area contributed by atoms with Crippen LogP contribution in [0, 0.1) is 13.8 Å². The number of sulfone groups is 1. The molecule has 0 radical (unpaired) electrons. The molecule has 0 heterocycles. The minimum absolute atomic E-state index is 0.0112. The lowest BCUT2D eigenvalue weighted by atomic mass is 10.2. The summed E-state index contributed by atoms with van der Waals surface area (Å²) in [5.41, 5.74) is 6.99. The topological polar surface area (TPSA) is 60.2 Å². The highest BCUT2D eigenvalue weighted by Gasteiger charge is 2.15. The van der Waals surface area contributed by atoms with Crippen LogP contribution in [0.4, 0.5) is 0 Å². The molecule has 4 heteroatoms. The van der Waals surface area contributed by atoms with E-state index in [1.807, 2.05) is 19.1 Å². The summed E-state index contributed by atoms with van der Waals surface area (Å²) in [7, 11) is -3.19. The van der Waals surface area contributed by atoms with Crippen LogP contribution in [-0.2, 0) is 9.84 Å². The van der Waals surface area contributed by atoms with E-state index in [4.69, 9.17) is 5.73 Å². The fraction of sp³-hybridized carbons (Fsp3) is 0.400. The third-order valence-corrected chi connectivity index (χ3v) is 3.95. The average Bonchev–Trinajstić information content (AvgIpc) is 2.09. The summed E-state index contributed by atoms with van der Waals surface area (Å²) in [6, 6.07) is 5.41. The standard InChI is InChI=1S/C10H15NO2S/c1-8-3-4-9(2)10(7-8)14(12,13)6-5-11/h3-4,7H,5-6,11H2,1-2H3. The molecular formula is C10H15NO2S. The van der Waals surface area contributed by atoms with Gasteiger partial charge < -0.3 is 5.73 Å². The maximum absolute atomic E-state index is 11.7. The van der Waals surface area contributed by atoms with Gasteiger partial charge in [-0.15, -0.1) is 0 Å². The maximum Gasteiger partial charge on any atom is 0.179 e. The van der Waals surface area contributed by atoms with Crippen molar-refractivity contribution < 1.29 is 8.42 Å². The molecule has 1 aromatic carbocycles. The van der Waals surface area contributed by atoms with Crippen LogP contribution >= 0.6 is 0 Å². The highest BCUT2D eigenvalue weighted by molar-refractivity contribution is 7.91. The third kappa shape index (κ3) is 2.33. The molecule has 2 N–H and O–H groups in total. The Kier molecular flexibility index (Phi) is 3.29. The monoisotopic (exact) mass is 213 g/mol. The van der Waals surface area contributed by atoms with Gasteiger partial charge >= 0.3 is 0 Å². The van der Waals surface area contributed by atoms with Gasteiger partial charge in [-0.1, -0.05) is 12.1 Å². The van der Waals surface area contributed by atoms with Crippen LogP contribution < -0.4 is 5.73 Å². The lowest BCUT2D eigenvalue weighted by Gasteiger charge is -2.07. The Bertz CT molecular complexity index is 424. The van der Waals surface area contributed by atoms with Gasteiger partial charge in [0, 0.05) is 6.54 Å². The van der Waals surface area contributed by atoms with Crippen LogP contribution in [-0.4, -0.2) is 20.7 Å². The molecule has 0 aromatic heterocycles. The Balaban J connectivity index is 3.25. The molecule has 0 spiro atoms.